The van der Waals surface area contributed by atoms with Crippen LogP contribution in [-0.2, 0) is 4.79 Å². The Kier molecular flexibility index (Phi) is 4.79. The maximum absolute atomic E-state index is 13.7. The Morgan fingerprint density at radius 2 is 2.00 bits per heavy atom. The second kappa shape index (κ2) is 6.38. The molecule has 1 aromatic rings. The van der Waals surface area contributed by atoms with Crippen LogP contribution in [0.1, 0.15) is 51.5 Å². The lowest BCUT2D eigenvalue weighted by Crippen LogP contribution is -2.34. The molecule has 0 radical (unpaired) electrons. The Morgan fingerprint density at radius 3 is 2.65 bits per heavy atom. The lowest BCUT2D eigenvalue weighted by atomic mass is 10.0. The quantitative estimate of drug-likeness (QED) is 0.840. The molecule has 0 spiro atoms. The molecule has 2 nitrogen and oxygen atoms in total. The van der Waals surface area contributed by atoms with Crippen molar-refractivity contribution in [1.82, 2.24) is 5.32 Å². The van der Waals surface area contributed by atoms with Crippen LogP contribution >= 0.6 is 0 Å². The fourth-order valence-corrected chi connectivity index (χ4v) is 2.61. The molecule has 0 aliphatic heterocycles. The first-order chi connectivity index (χ1) is 9.49. The topological polar surface area (TPSA) is 29.1 Å². The molecule has 1 aliphatic carbocycles. The number of nitrogens with one attached hydrogen (secondary N) is 1. The molecule has 0 saturated heterocycles. The van der Waals surface area contributed by atoms with E-state index in [0.29, 0.717) is 11.5 Å². The number of benzene rings is 1. The molecule has 1 fully saturated rings. The Hall–Kier alpha value is -1.38. The molecular weight excluding hydrogens is 253 g/mol. The van der Waals surface area contributed by atoms with E-state index in [1.54, 1.807) is 12.1 Å². The largest absolute Gasteiger partial charge is 0.353 e. The summed E-state index contributed by atoms with van der Waals surface area (Å²) in [4.78, 5) is 12.1. The van der Waals surface area contributed by atoms with E-state index in [9.17, 15) is 9.18 Å². The van der Waals surface area contributed by atoms with Crippen molar-refractivity contribution in [2.45, 2.75) is 52.0 Å². The number of hydrogen-bond acceptors (Lipinski definition) is 1. The highest BCUT2D eigenvalue weighted by atomic mass is 19.1. The lowest BCUT2D eigenvalue weighted by molar-refractivity contribution is -0.123. The minimum Gasteiger partial charge on any atom is -0.353 e. The molecule has 20 heavy (non-hydrogen) atoms. The van der Waals surface area contributed by atoms with Gasteiger partial charge in [-0.1, -0.05) is 32.0 Å². The van der Waals surface area contributed by atoms with E-state index in [0.717, 1.165) is 19.3 Å². The van der Waals surface area contributed by atoms with Crippen molar-refractivity contribution in [3.63, 3.8) is 0 Å². The first-order valence-corrected chi connectivity index (χ1v) is 7.53. The predicted molar refractivity (Wildman–Crippen MR) is 78.9 cm³/mol. The Labute approximate surface area is 120 Å². The normalized spacial score (nSPS) is 22.6. The second-order valence-electron chi connectivity index (χ2n) is 6.35. The summed E-state index contributed by atoms with van der Waals surface area (Å²) in [6.07, 6.45) is 2.88. The first-order valence-electron chi connectivity index (χ1n) is 7.53. The van der Waals surface area contributed by atoms with Gasteiger partial charge in [0.05, 0.1) is 0 Å². The van der Waals surface area contributed by atoms with Gasteiger partial charge in [0.2, 0.25) is 5.91 Å². The van der Waals surface area contributed by atoms with E-state index in [1.807, 2.05) is 13.0 Å². The fraction of sp³-hybridized carbons (Fsp3) is 0.588. The second-order valence-corrected chi connectivity index (χ2v) is 6.35. The summed E-state index contributed by atoms with van der Waals surface area (Å²) >= 11 is 0. The summed E-state index contributed by atoms with van der Waals surface area (Å²) in [5, 5.41) is 3.06. The van der Waals surface area contributed by atoms with Gasteiger partial charge >= 0.3 is 0 Å². The summed E-state index contributed by atoms with van der Waals surface area (Å²) in [6, 6.07) is 6.97. The van der Waals surface area contributed by atoms with Crippen LogP contribution in [0, 0.1) is 17.7 Å². The molecule has 1 N–H and O–H groups in total. The van der Waals surface area contributed by atoms with Gasteiger partial charge in [-0.15, -0.1) is 0 Å². The highest BCUT2D eigenvalue weighted by molar-refractivity contribution is 5.83. The third kappa shape index (κ3) is 3.81. The summed E-state index contributed by atoms with van der Waals surface area (Å²) in [7, 11) is 0. The van der Waals surface area contributed by atoms with Crippen LogP contribution in [0.3, 0.4) is 0 Å². The molecule has 3 atom stereocenters. The fourth-order valence-electron chi connectivity index (χ4n) is 2.61. The van der Waals surface area contributed by atoms with Crippen LogP contribution in [0.25, 0.3) is 0 Å². The van der Waals surface area contributed by atoms with E-state index < -0.39 is 0 Å². The van der Waals surface area contributed by atoms with Crippen LogP contribution in [0.5, 0.6) is 0 Å². The molecule has 1 saturated carbocycles. The maximum Gasteiger partial charge on any atom is 0.223 e. The molecule has 0 bridgehead atoms. The predicted octanol–water partition coefficient (Wildman–Crippen LogP) is 3.87. The van der Waals surface area contributed by atoms with Gasteiger partial charge in [0.25, 0.3) is 0 Å². The smallest absolute Gasteiger partial charge is 0.223 e. The zero-order valence-electron chi connectivity index (χ0n) is 12.5. The number of amides is 1. The molecule has 2 rings (SSSR count). The van der Waals surface area contributed by atoms with Crippen LogP contribution in [0.15, 0.2) is 24.3 Å². The van der Waals surface area contributed by atoms with Crippen molar-refractivity contribution in [3.8, 4) is 0 Å². The van der Waals surface area contributed by atoms with Gasteiger partial charge in [-0.05, 0) is 49.7 Å². The van der Waals surface area contributed by atoms with Gasteiger partial charge in [-0.25, -0.2) is 4.39 Å². The van der Waals surface area contributed by atoms with E-state index >= 15 is 0 Å². The maximum atomic E-state index is 13.7. The average Bonchev–Trinajstić information content (AvgIpc) is 3.17. The zero-order chi connectivity index (χ0) is 14.7. The van der Waals surface area contributed by atoms with Gasteiger partial charge in [-0.3, -0.25) is 4.79 Å². The number of rotatable bonds is 6. The van der Waals surface area contributed by atoms with Gasteiger partial charge in [0.1, 0.15) is 5.82 Å². The molecule has 1 aliphatic rings. The third-order valence-electron chi connectivity index (χ3n) is 4.00. The zero-order valence-corrected chi connectivity index (χ0v) is 12.5. The molecule has 3 unspecified atom stereocenters. The molecule has 0 heterocycles. The van der Waals surface area contributed by atoms with Gasteiger partial charge < -0.3 is 5.32 Å². The molecule has 3 heteroatoms. The molecule has 110 valence electrons. The standard InChI is InChI=1S/C17H24FNO/c1-11(2)8-9-12(3)19-17(20)15-10-14(15)13-6-4-5-7-16(13)18/h4-7,11-12,14-15H,8-10H2,1-3H3,(H,19,20). The van der Waals surface area contributed by atoms with Gasteiger partial charge in [-0.2, -0.15) is 0 Å². The summed E-state index contributed by atoms with van der Waals surface area (Å²) in [6.45, 7) is 6.41. The van der Waals surface area contributed by atoms with Crippen molar-refractivity contribution in [2.24, 2.45) is 11.8 Å². The Bertz CT molecular complexity index is 472. The summed E-state index contributed by atoms with van der Waals surface area (Å²) < 4.78 is 13.7. The van der Waals surface area contributed by atoms with Gasteiger partial charge in [0.15, 0.2) is 0 Å². The van der Waals surface area contributed by atoms with E-state index in [-0.39, 0.29) is 29.6 Å². The van der Waals surface area contributed by atoms with Crippen LogP contribution < -0.4 is 5.32 Å². The summed E-state index contributed by atoms with van der Waals surface area (Å²) in [5.41, 5.74) is 0.683. The van der Waals surface area contributed by atoms with Crippen molar-refractivity contribution >= 4 is 5.91 Å². The van der Waals surface area contributed by atoms with Crippen molar-refractivity contribution in [2.75, 3.05) is 0 Å². The molecule has 1 aromatic carbocycles. The number of halogens is 1. The van der Waals surface area contributed by atoms with Crippen LogP contribution in [-0.4, -0.2) is 11.9 Å². The van der Waals surface area contributed by atoms with Gasteiger partial charge in [0, 0.05) is 12.0 Å². The van der Waals surface area contributed by atoms with E-state index in [4.69, 9.17) is 0 Å². The number of hydrogen-bond donors (Lipinski definition) is 1. The third-order valence-corrected chi connectivity index (χ3v) is 4.00. The monoisotopic (exact) mass is 277 g/mol. The van der Waals surface area contributed by atoms with Crippen molar-refractivity contribution in [1.29, 1.82) is 0 Å². The average molecular weight is 277 g/mol. The van der Waals surface area contributed by atoms with Crippen molar-refractivity contribution in [3.05, 3.63) is 35.6 Å². The van der Waals surface area contributed by atoms with E-state index in [2.05, 4.69) is 19.2 Å². The van der Waals surface area contributed by atoms with Crippen LogP contribution in [0.4, 0.5) is 4.39 Å². The molecule has 0 aromatic heterocycles. The number of carbonyl (C=O) groups excluding carboxylic acids is 1. The minimum absolute atomic E-state index is 0.0478. The highest BCUT2D eigenvalue weighted by Gasteiger charge is 2.45. The van der Waals surface area contributed by atoms with Crippen molar-refractivity contribution < 1.29 is 9.18 Å². The SMILES string of the molecule is CC(C)CCC(C)NC(=O)C1CC1c1ccccc1F. The Morgan fingerprint density at radius 1 is 1.30 bits per heavy atom. The minimum atomic E-state index is -0.194. The molecule has 1 amide bonds. The van der Waals surface area contributed by atoms with E-state index in [1.165, 1.54) is 6.07 Å². The Balaban J connectivity index is 1.83. The first kappa shape index (κ1) is 15.0. The van der Waals surface area contributed by atoms with Crippen LogP contribution in [0.2, 0.25) is 0 Å². The summed E-state index contributed by atoms with van der Waals surface area (Å²) in [5.74, 6) is 0.554. The highest BCUT2D eigenvalue weighted by Crippen LogP contribution is 2.48. The molecular formula is C17H24FNO. The number of carbonyl (C=O) groups is 1. The lowest BCUT2D eigenvalue weighted by Gasteiger charge is -2.15.